The Labute approximate surface area is 104 Å². The third kappa shape index (κ3) is 2.65. The Morgan fingerprint density at radius 2 is 1.82 bits per heavy atom. The van der Waals surface area contributed by atoms with Crippen LogP contribution in [0.5, 0.6) is 0 Å². The molecule has 2 fully saturated rings. The van der Waals surface area contributed by atoms with Gasteiger partial charge in [-0.2, -0.15) is 0 Å². The van der Waals surface area contributed by atoms with Gasteiger partial charge in [-0.15, -0.1) is 0 Å². The molecule has 1 heterocycles. The minimum atomic E-state index is -0.673. The van der Waals surface area contributed by atoms with E-state index in [4.69, 9.17) is 4.74 Å². The van der Waals surface area contributed by atoms with E-state index >= 15 is 0 Å². The third-order valence-electron chi connectivity index (χ3n) is 4.33. The maximum Gasteiger partial charge on any atom is 0.309 e. The molecule has 0 spiro atoms. The van der Waals surface area contributed by atoms with Crippen molar-refractivity contribution < 1.29 is 14.6 Å². The molecule has 1 saturated carbocycles. The Hall–Kier alpha value is -0.570. The van der Waals surface area contributed by atoms with Crippen molar-refractivity contribution >= 4 is 5.97 Å². The average molecular weight is 240 g/mol. The zero-order valence-electron chi connectivity index (χ0n) is 11.1. The van der Waals surface area contributed by atoms with Crippen LogP contribution in [0.3, 0.4) is 0 Å². The summed E-state index contributed by atoms with van der Waals surface area (Å²) in [6.07, 6.45) is 5.48. The van der Waals surface area contributed by atoms with Crippen LogP contribution in [0.4, 0.5) is 0 Å². The molecule has 0 aromatic rings. The lowest BCUT2D eigenvalue weighted by Crippen LogP contribution is -2.30. The molecule has 0 amide bonds. The van der Waals surface area contributed by atoms with Crippen molar-refractivity contribution in [2.24, 2.45) is 17.3 Å². The summed E-state index contributed by atoms with van der Waals surface area (Å²) in [6.45, 7) is 6.40. The van der Waals surface area contributed by atoms with Crippen molar-refractivity contribution in [3.63, 3.8) is 0 Å². The van der Waals surface area contributed by atoms with Gasteiger partial charge >= 0.3 is 5.97 Å². The number of carboxylic acids is 1. The van der Waals surface area contributed by atoms with Crippen LogP contribution in [0.25, 0.3) is 0 Å². The van der Waals surface area contributed by atoms with E-state index in [2.05, 4.69) is 20.8 Å². The lowest BCUT2D eigenvalue weighted by atomic mass is 9.83. The number of carboxylic acid groups (broad SMARTS) is 1. The maximum absolute atomic E-state index is 11.4. The Bertz CT molecular complexity index is 286. The zero-order chi connectivity index (χ0) is 12.6. The number of hydrogen-bond acceptors (Lipinski definition) is 2. The topological polar surface area (TPSA) is 46.5 Å². The highest BCUT2D eigenvalue weighted by Crippen LogP contribution is 2.43. The number of hydrogen-bond donors (Lipinski definition) is 1. The molecule has 1 aliphatic heterocycles. The molecule has 3 atom stereocenters. The predicted molar refractivity (Wildman–Crippen MR) is 65.8 cm³/mol. The van der Waals surface area contributed by atoms with Gasteiger partial charge in [0.1, 0.15) is 0 Å². The van der Waals surface area contributed by atoms with Gasteiger partial charge in [0.05, 0.1) is 18.1 Å². The first-order chi connectivity index (χ1) is 7.89. The Morgan fingerprint density at radius 1 is 1.24 bits per heavy atom. The van der Waals surface area contributed by atoms with Crippen LogP contribution in [0.15, 0.2) is 0 Å². The Morgan fingerprint density at radius 3 is 2.29 bits per heavy atom. The molecule has 3 heteroatoms. The number of ether oxygens (including phenoxy) is 1. The van der Waals surface area contributed by atoms with Crippen molar-refractivity contribution in [3.8, 4) is 0 Å². The lowest BCUT2D eigenvalue weighted by Gasteiger charge is -2.28. The lowest BCUT2D eigenvalue weighted by molar-refractivity contribution is -0.145. The third-order valence-corrected chi connectivity index (χ3v) is 4.33. The van der Waals surface area contributed by atoms with E-state index in [1.807, 2.05) is 0 Å². The SMILES string of the molecule is CC(C)(C)C1CC(C(=O)O)C(C2CCCC2)O1. The van der Waals surface area contributed by atoms with E-state index in [1.54, 1.807) is 0 Å². The highest BCUT2D eigenvalue weighted by Gasteiger charge is 2.47. The van der Waals surface area contributed by atoms with Gasteiger partial charge in [0.15, 0.2) is 0 Å². The first-order valence-corrected chi connectivity index (χ1v) is 6.78. The molecular formula is C14H24O3. The second-order valence-corrected chi connectivity index (χ2v) is 6.68. The molecule has 3 unspecified atom stereocenters. The summed E-state index contributed by atoms with van der Waals surface area (Å²) in [5, 5.41) is 9.35. The molecule has 0 radical (unpaired) electrons. The summed E-state index contributed by atoms with van der Waals surface area (Å²) in [7, 11) is 0. The summed E-state index contributed by atoms with van der Waals surface area (Å²) in [4.78, 5) is 11.4. The minimum Gasteiger partial charge on any atom is -0.481 e. The molecule has 2 aliphatic rings. The summed E-state index contributed by atoms with van der Waals surface area (Å²) < 4.78 is 6.10. The average Bonchev–Trinajstić information content (AvgIpc) is 2.85. The molecule has 17 heavy (non-hydrogen) atoms. The Kier molecular flexibility index (Phi) is 3.48. The summed E-state index contributed by atoms with van der Waals surface area (Å²) in [5.41, 5.74) is 0.0427. The summed E-state index contributed by atoms with van der Waals surface area (Å²) >= 11 is 0. The van der Waals surface area contributed by atoms with Gasteiger partial charge in [-0.05, 0) is 30.6 Å². The van der Waals surface area contributed by atoms with E-state index in [9.17, 15) is 9.90 Å². The van der Waals surface area contributed by atoms with Gasteiger partial charge in [0.25, 0.3) is 0 Å². The fourth-order valence-corrected chi connectivity index (χ4v) is 3.23. The highest BCUT2D eigenvalue weighted by molar-refractivity contribution is 5.71. The smallest absolute Gasteiger partial charge is 0.309 e. The maximum atomic E-state index is 11.4. The second kappa shape index (κ2) is 4.60. The van der Waals surface area contributed by atoms with Crippen LogP contribution < -0.4 is 0 Å². The molecule has 0 aromatic carbocycles. The molecular weight excluding hydrogens is 216 g/mol. The Balaban J connectivity index is 2.10. The molecule has 98 valence electrons. The standard InChI is InChI=1S/C14H24O3/c1-14(2,3)11-8-10(13(15)16)12(17-11)9-6-4-5-7-9/h9-12H,4-8H2,1-3H3,(H,15,16). The first-order valence-electron chi connectivity index (χ1n) is 6.78. The zero-order valence-corrected chi connectivity index (χ0v) is 11.1. The van der Waals surface area contributed by atoms with Crippen LogP contribution in [-0.2, 0) is 9.53 Å². The van der Waals surface area contributed by atoms with Crippen LogP contribution in [0.2, 0.25) is 0 Å². The number of carbonyl (C=O) groups is 1. The van der Waals surface area contributed by atoms with Gasteiger partial charge in [-0.25, -0.2) is 0 Å². The minimum absolute atomic E-state index is 0.0424. The van der Waals surface area contributed by atoms with Crippen molar-refractivity contribution in [2.45, 2.75) is 65.1 Å². The molecule has 1 aliphatic carbocycles. The van der Waals surface area contributed by atoms with E-state index in [-0.39, 0.29) is 23.5 Å². The largest absolute Gasteiger partial charge is 0.481 e. The monoisotopic (exact) mass is 240 g/mol. The molecule has 1 saturated heterocycles. The molecule has 1 N–H and O–H groups in total. The molecule has 3 nitrogen and oxygen atoms in total. The van der Waals surface area contributed by atoms with Crippen molar-refractivity contribution in [1.82, 2.24) is 0 Å². The van der Waals surface area contributed by atoms with Crippen molar-refractivity contribution in [2.75, 3.05) is 0 Å². The number of aliphatic carboxylic acids is 1. The fourth-order valence-electron chi connectivity index (χ4n) is 3.23. The van der Waals surface area contributed by atoms with Gasteiger partial charge in [-0.3, -0.25) is 4.79 Å². The highest BCUT2D eigenvalue weighted by atomic mass is 16.5. The van der Waals surface area contributed by atoms with Crippen molar-refractivity contribution in [3.05, 3.63) is 0 Å². The fraction of sp³-hybridized carbons (Fsp3) is 0.929. The summed E-state index contributed by atoms with van der Waals surface area (Å²) in [5.74, 6) is -0.487. The van der Waals surface area contributed by atoms with Gasteiger partial charge in [0, 0.05) is 0 Å². The molecule has 0 bridgehead atoms. The van der Waals surface area contributed by atoms with Crippen LogP contribution in [0, 0.1) is 17.3 Å². The molecule has 0 aromatic heterocycles. The van der Waals surface area contributed by atoms with E-state index in [1.165, 1.54) is 12.8 Å². The van der Waals surface area contributed by atoms with Gasteiger partial charge < -0.3 is 9.84 Å². The molecule has 2 rings (SSSR count). The first kappa shape index (κ1) is 12.9. The van der Waals surface area contributed by atoms with Gasteiger partial charge in [0.2, 0.25) is 0 Å². The van der Waals surface area contributed by atoms with E-state index in [0.29, 0.717) is 12.3 Å². The van der Waals surface area contributed by atoms with Crippen LogP contribution in [-0.4, -0.2) is 23.3 Å². The second-order valence-electron chi connectivity index (χ2n) is 6.68. The summed E-state index contributed by atoms with van der Waals surface area (Å²) in [6, 6.07) is 0. The normalized spacial score (nSPS) is 35.4. The van der Waals surface area contributed by atoms with Crippen LogP contribution in [0.1, 0.15) is 52.9 Å². The van der Waals surface area contributed by atoms with Crippen molar-refractivity contribution in [1.29, 1.82) is 0 Å². The predicted octanol–water partition coefficient (Wildman–Crippen LogP) is 3.08. The number of rotatable bonds is 2. The quantitative estimate of drug-likeness (QED) is 0.806. The van der Waals surface area contributed by atoms with Crippen LogP contribution >= 0.6 is 0 Å². The van der Waals surface area contributed by atoms with E-state index in [0.717, 1.165) is 12.8 Å². The van der Waals surface area contributed by atoms with Gasteiger partial charge in [-0.1, -0.05) is 33.6 Å². The van der Waals surface area contributed by atoms with E-state index < -0.39 is 5.97 Å².